The monoisotopic (exact) mass is 296 g/mol. The van der Waals surface area contributed by atoms with Crippen molar-refractivity contribution in [1.82, 2.24) is 10.3 Å². The summed E-state index contributed by atoms with van der Waals surface area (Å²) < 4.78 is 12.8. The Bertz CT molecular complexity index is 537. The topological polar surface area (TPSA) is 24.9 Å². The van der Waals surface area contributed by atoms with E-state index in [1.807, 2.05) is 14.0 Å². The van der Waals surface area contributed by atoms with Crippen molar-refractivity contribution >= 4 is 23.1 Å². The van der Waals surface area contributed by atoms with E-state index in [9.17, 15) is 4.39 Å². The van der Waals surface area contributed by atoms with Crippen molar-refractivity contribution in [3.05, 3.63) is 45.7 Å². The standard InChI is InChI=1S/C14H17FN2S2/c1-9(16-3)14-10(2)17-13(19-14)8-18-12-6-4-11(15)5-7-12/h4-7,9,16H,8H2,1-3H3. The van der Waals surface area contributed by atoms with Crippen molar-refractivity contribution in [2.24, 2.45) is 0 Å². The average Bonchev–Trinajstić information content (AvgIpc) is 2.78. The maximum absolute atomic E-state index is 12.8. The molecule has 0 amide bonds. The highest BCUT2D eigenvalue weighted by atomic mass is 32.2. The number of benzene rings is 1. The zero-order chi connectivity index (χ0) is 13.8. The number of rotatable bonds is 5. The second kappa shape index (κ2) is 6.50. The third-order valence-electron chi connectivity index (χ3n) is 2.88. The summed E-state index contributed by atoms with van der Waals surface area (Å²) in [6.45, 7) is 4.18. The molecule has 0 aliphatic rings. The molecule has 1 heterocycles. The molecule has 0 spiro atoms. The van der Waals surface area contributed by atoms with Gasteiger partial charge < -0.3 is 5.32 Å². The summed E-state index contributed by atoms with van der Waals surface area (Å²) in [5.41, 5.74) is 1.10. The molecular weight excluding hydrogens is 279 g/mol. The SMILES string of the molecule is CNC(C)c1sc(CSc2ccc(F)cc2)nc1C. The Hall–Kier alpha value is -0.910. The van der Waals surface area contributed by atoms with Crippen LogP contribution in [0.4, 0.5) is 4.39 Å². The minimum Gasteiger partial charge on any atom is -0.312 e. The van der Waals surface area contributed by atoms with Gasteiger partial charge >= 0.3 is 0 Å². The van der Waals surface area contributed by atoms with Crippen LogP contribution in [0.25, 0.3) is 0 Å². The summed E-state index contributed by atoms with van der Waals surface area (Å²) in [5, 5.41) is 4.35. The van der Waals surface area contributed by atoms with Crippen LogP contribution in [0, 0.1) is 12.7 Å². The normalized spacial score (nSPS) is 12.6. The number of hydrogen-bond acceptors (Lipinski definition) is 4. The predicted molar refractivity (Wildman–Crippen MR) is 80.3 cm³/mol. The van der Waals surface area contributed by atoms with Gasteiger partial charge in [0.15, 0.2) is 0 Å². The molecule has 0 aliphatic carbocycles. The van der Waals surface area contributed by atoms with Crippen molar-refractivity contribution in [3.63, 3.8) is 0 Å². The summed E-state index contributed by atoms with van der Waals surface area (Å²) in [7, 11) is 1.96. The molecule has 0 fully saturated rings. The molecule has 0 radical (unpaired) electrons. The quantitative estimate of drug-likeness (QED) is 0.839. The van der Waals surface area contributed by atoms with E-state index in [1.54, 1.807) is 35.2 Å². The minimum atomic E-state index is -0.195. The van der Waals surface area contributed by atoms with E-state index in [2.05, 4.69) is 17.2 Å². The summed E-state index contributed by atoms with van der Waals surface area (Å²) in [6, 6.07) is 6.92. The summed E-state index contributed by atoms with van der Waals surface area (Å²) in [6.07, 6.45) is 0. The fourth-order valence-corrected chi connectivity index (χ4v) is 3.76. The second-order valence-corrected chi connectivity index (χ2v) is 6.47. The van der Waals surface area contributed by atoms with Gasteiger partial charge in [-0.25, -0.2) is 9.37 Å². The summed E-state index contributed by atoms with van der Waals surface area (Å²) >= 11 is 3.43. The third kappa shape index (κ3) is 3.78. The molecule has 0 saturated heterocycles. The molecule has 1 aromatic carbocycles. The maximum Gasteiger partial charge on any atom is 0.123 e. The number of aryl methyl sites for hydroxylation is 1. The third-order valence-corrected chi connectivity index (χ3v) is 5.43. The van der Waals surface area contributed by atoms with Crippen molar-refractivity contribution in [3.8, 4) is 0 Å². The molecule has 1 N–H and O–H groups in total. The molecule has 1 unspecified atom stereocenters. The van der Waals surface area contributed by atoms with Crippen LogP contribution in [0.5, 0.6) is 0 Å². The molecule has 5 heteroatoms. The minimum absolute atomic E-state index is 0.195. The lowest BCUT2D eigenvalue weighted by Gasteiger charge is -2.06. The molecule has 1 atom stereocenters. The van der Waals surface area contributed by atoms with Gasteiger partial charge in [-0.1, -0.05) is 0 Å². The molecule has 0 aliphatic heterocycles. The number of halogens is 1. The Morgan fingerprint density at radius 1 is 1.37 bits per heavy atom. The van der Waals surface area contributed by atoms with Gasteiger partial charge in [-0.3, -0.25) is 0 Å². The molecule has 0 saturated carbocycles. The number of aromatic nitrogens is 1. The zero-order valence-corrected chi connectivity index (χ0v) is 12.9. The predicted octanol–water partition coefficient (Wildman–Crippen LogP) is 4.16. The fourth-order valence-electron chi connectivity index (χ4n) is 1.74. The number of hydrogen-bond donors (Lipinski definition) is 1. The van der Waals surface area contributed by atoms with Crippen LogP contribution < -0.4 is 5.32 Å². The number of thiazole rings is 1. The Morgan fingerprint density at radius 3 is 2.68 bits per heavy atom. The molecule has 0 bridgehead atoms. The van der Waals surface area contributed by atoms with Crippen molar-refractivity contribution in [2.75, 3.05) is 7.05 Å². The molecule has 102 valence electrons. The Labute approximate surface area is 121 Å². The van der Waals surface area contributed by atoms with Crippen LogP contribution in [0.1, 0.15) is 28.5 Å². The number of nitrogens with zero attached hydrogens (tertiary/aromatic N) is 1. The van der Waals surface area contributed by atoms with E-state index in [1.165, 1.54) is 17.0 Å². The van der Waals surface area contributed by atoms with Gasteiger partial charge in [0.05, 0.1) is 11.4 Å². The first-order valence-corrected chi connectivity index (χ1v) is 7.92. The zero-order valence-electron chi connectivity index (χ0n) is 11.2. The fraction of sp³-hybridized carbons (Fsp3) is 0.357. The van der Waals surface area contributed by atoms with Gasteiger partial charge in [0.2, 0.25) is 0 Å². The lowest BCUT2D eigenvalue weighted by molar-refractivity contribution is 0.626. The second-order valence-electron chi connectivity index (χ2n) is 4.31. The van der Waals surface area contributed by atoms with Crippen LogP contribution in [0.15, 0.2) is 29.2 Å². The van der Waals surface area contributed by atoms with Gasteiger partial charge in [-0.2, -0.15) is 0 Å². The van der Waals surface area contributed by atoms with E-state index >= 15 is 0 Å². The summed E-state index contributed by atoms with van der Waals surface area (Å²) in [5.74, 6) is 0.632. The largest absolute Gasteiger partial charge is 0.312 e. The highest BCUT2D eigenvalue weighted by Crippen LogP contribution is 2.29. The average molecular weight is 296 g/mol. The first kappa shape index (κ1) is 14.5. The summed E-state index contributed by atoms with van der Waals surface area (Å²) in [4.78, 5) is 6.95. The smallest absolute Gasteiger partial charge is 0.123 e. The molecule has 2 rings (SSSR count). The van der Waals surface area contributed by atoms with E-state index in [-0.39, 0.29) is 5.82 Å². The molecule has 2 nitrogen and oxygen atoms in total. The molecule has 1 aromatic heterocycles. The van der Waals surface area contributed by atoms with Gasteiger partial charge in [0.1, 0.15) is 10.8 Å². The van der Waals surface area contributed by atoms with Crippen molar-refractivity contribution < 1.29 is 4.39 Å². The van der Waals surface area contributed by atoms with Gasteiger partial charge in [0.25, 0.3) is 0 Å². The van der Waals surface area contributed by atoms with Crippen molar-refractivity contribution in [2.45, 2.75) is 30.5 Å². The Balaban J connectivity index is 2.02. The highest BCUT2D eigenvalue weighted by Gasteiger charge is 2.12. The first-order chi connectivity index (χ1) is 9.10. The van der Waals surface area contributed by atoms with E-state index < -0.39 is 0 Å². The van der Waals surface area contributed by atoms with Crippen LogP contribution in [0.3, 0.4) is 0 Å². The maximum atomic E-state index is 12.8. The lowest BCUT2D eigenvalue weighted by Crippen LogP contribution is -2.11. The van der Waals surface area contributed by atoms with E-state index in [0.717, 1.165) is 21.3 Å². The van der Waals surface area contributed by atoms with Gasteiger partial charge in [0, 0.05) is 15.8 Å². The number of nitrogens with one attached hydrogen (secondary N) is 1. The van der Waals surface area contributed by atoms with E-state index in [0.29, 0.717) is 6.04 Å². The Kier molecular flexibility index (Phi) is 4.96. The Morgan fingerprint density at radius 2 is 2.05 bits per heavy atom. The molecular formula is C14H17FN2S2. The molecule has 19 heavy (non-hydrogen) atoms. The lowest BCUT2D eigenvalue weighted by atomic mass is 10.2. The highest BCUT2D eigenvalue weighted by molar-refractivity contribution is 7.98. The first-order valence-electron chi connectivity index (χ1n) is 6.12. The van der Waals surface area contributed by atoms with Crippen molar-refractivity contribution in [1.29, 1.82) is 0 Å². The van der Waals surface area contributed by atoms with Gasteiger partial charge in [-0.05, 0) is 45.2 Å². The van der Waals surface area contributed by atoms with E-state index in [4.69, 9.17) is 0 Å². The molecule has 2 aromatic rings. The van der Waals surface area contributed by atoms with Crippen LogP contribution >= 0.6 is 23.1 Å². The van der Waals surface area contributed by atoms with Gasteiger partial charge in [-0.15, -0.1) is 23.1 Å². The van der Waals surface area contributed by atoms with Crippen LogP contribution in [-0.4, -0.2) is 12.0 Å². The van der Waals surface area contributed by atoms with Crippen LogP contribution in [0.2, 0.25) is 0 Å². The van der Waals surface area contributed by atoms with Crippen LogP contribution in [-0.2, 0) is 5.75 Å². The number of thioether (sulfide) groups is 1.